The highest BCUT2D eigenvalue weighted by Gasteiger charge is 2.14. The summed E-state index contributed by atoms with van der Waals surface area (Å²) in [6, 6.07) is 5.83. The van der Waals surface area contributed by atoms with Crippen molar-refractivity contribution < 1.29 is 4.39 Å². The fraction of sp³-hybridized carbons (Fsp3) is 0.611. The van der Waals surface area contributed by atoms with Gasteiger partial charge in [0.2, 0.25) is 0 Å². The van der Waals surface area contributed by atoms with Gasteiger partial charge >= 0.3 is 0 Å². The molecule has 1 aromatic rings. The van der Waals surface area contributed by atoms with Gasteiger partial charge in [-0.3, -0.25) is 4.99 Å². The molecule has 0 bridgehead atoms. The van der Waals surface area contributed by atoms with Crippen LogP contribution in [0.2, 0.25) is 0 Å². The van der Waals surface area contributed by atoms with Crippen molar-refractivity contribution in [3.05, 3.63) is 35.1 Å². The zero-order valence-corrected chi connectivity index (χ0v) is 14.5. The Kier molecular flexibility index (Phi) is 6.84. The Labute approximate surface area is 139 Å². The van der Waals surface area contributed by atoms with Crippen LogP contribution in [-0.2, 0) is 13.1 Å². The van der Waals surface area contributed by atoms with Gasteiger partial charge in [-0.2, -0.15) is 0 Å². The van der Waals surface area contributed by atoms with Gasteiger partial charge < -0.3 is 15.5 Å². The number of nitrogens with one attached hydrogen (secondary N) is 2. The Morgan fingerprint density at radius 2 is 2.00 bits per heavy atom. The molecule has 2 rings (SSSR count). The first-order chi connectivity index (χ1) is 11.1. The molecule has 0 aliphatic heterocycles. The van der Waals surface area contributed by atoms with Crippen LogP contribution in [0.15, 0.2) is 23.2 Å². The largest absolute Gasteiger partial charge is 0.354 e. The monoisotopic (exact) mass is 320 g/mol. The van der Waals surface area contributed by atoms with Crippen molar-refractivity contribution in [1.29, 1.82) is 0 Å². The molecule has 0 heterocycles. The number of hydrogen-bond donors (Lipinski definition) is 2. The van der Waals surface area contributed by atoms with Gasteiger partial charge in [-0.25, -0.2) is 4.39 Å². The molecule has 0 aromatic heterocycles. The average molecular weight is 320 g/mol. The van der Waals surface area contributed by atoms with Crippen LogP contribution in [-0.4, -0.2) is 38.0 Å². The van der Waals surface area contributed by atoms with Gasteiger partial charge in [0.05, 0.1) is 0 Å². The minimum atomic E-state index is -0.146. The van der Waals surface area contributed by atoms with Crippen molar-refractivity contribution >= 4 is 5.96 Å². The van der Waals surface area contributed by atoms with E-state index in [-0.39, 0.29) is 5.82 Å². The number of hydrogen-bond acceptors (Lipinski definition) is 2. The molecular formula is C18H29FN4. The van der Waals surface area contributed by atoms with E-state index >= 15 is 0 Å². The Balaban J connectivity index is 1.90. The van der Waals surface area contributed by atoms with Gasteiger partial charge in [0.25, 0.3) is 0 Å². The summed E-state index contributed by atoms with van der Waals surface area (Å²) in [6.45, 7) is 1.25. The topological polar surface area (TPSA) is 39.7 Å². The Morgan fingerprint density at radius 3 is 2.65 bits per heavy atom. The summed E-state index contributed by atoms with van der Waals surface area (Å²) in [5, 5.41) is 6.83. The number of guanidine groups is 1. The van der Waals surface area contributed by atoms with Gasteiger partial charge in [-0.05, 0) is 44.6 Å². The van der Waals surface area contributed by atoms with Crippen LogP contribution >= 0.6 is 0 Å². The third-order valence-electron chi connectivity index (χ3n) is 4.23. The molecule has 0 unspecified atom stereocenters. The highest BCUT2D eigenvalue weighted by atomic mass is 19.1. The van der Waals surface area contributed by atoms with Crippen LogP contribution in [0, 0.1) is 5.82 Å². The fourth-order valence-electron chi connectivity index (χ4n) is 3.02. The van der Waals surface area contributed by atoms with Crippen molar-refractivity contribution in [3.8, 4) is 0 Å². The highest BCUT2D eigenvalue weighted by Crippen LogP contribution is 2.17. The SMILES string of the molecule is CN=C(NCc1ccc(F)c(CN(C)C)c1)NC1CCCCC1. The Morgan fingerprint density at radius 1 is 1.26 bits per heavy atom. The van der Waals surface area contributed by atoms with E-state index in [0.717, 1.165) is 17.1 Å². The summed E-state index contributed by atoms with van der Waals surface area (Å²) in [7, 11) is 5.68. The molecule has 0 atom stereocenters. The van der Waals surface area contributed by atoms with Crippen molar-refractivity contribution in [2.75, 3.05) is 21.1 Å². The summed E-state index contributed by atoms with van der Waals surface area (Å²) in [5.74, 6) is 0.683. The normalized spacial score (nSPS) is 16.7. The lowest BCUT2D eigenvalue weighted by Gasteiger charge is -2.25. The van der Waals surface area contributed by atoms with Crippen LogP contribution in [0.25, 0.3) is 0 Å². The predicted molar refractivity (Wildman–Crippen MR) is 94.0 cm³/mol. The van der Waals surface area contributed by atoms with Crippen molar-refractivity contribution in [2.24, 2.45) is 4.99 Å². The second-order valence-corrected chi connectivity index (χ2v) is 6.57. The molecule has 0 spiro atoms. The molecular weight excluding hydrogens is 291 g/mol. The lowest BCUT2D eigenvalue weighted by molar-refractivity contribution is 0.392. The number of aliphatic imine (C=N–C) groups is 1. The second-order valence-electron chi connectivity index (χ2n) is 6.57. The van der Waals surface area contributed by atoms with Crippen LogP contribution < -0.4 is 10.6 Å². The standard InChI is InChI=1S/C18H29FN4/c1-20-18(22-16-7-5-4-6-8-16)21-12-14-9-10-17(19)15(11-14)13-23(2)3/h9-11,16H,4-8,12-13H2,1-3H3,(H2,20,21,22). The first-order valence-electron chi connectivity index (χ1n) is 8.47. The van der Waals surface area contributed by atoms with E-state index in [4.69, 9.17) is 0 Å². The van der Waals surface area contributed by atoms with Crippen LogP contribution in [0.4, 0.5) is 4.39 Å². The number of nitrogens with zero attached hydrogens (tertiary/aromatic N) is 2. The number of halogens is 1. The van der Waals surface area contributed by atoms with E-state index in [1.165, 1.54) is 32.1 Å². The van der Waals surface area contributed by atoms with E-state index in [0.29, 0.717) is 19.1 Å². The van der Waals surface area contributed by atoms with Gasteiger partial charge in [0.15, 0.2) is 5.96 Å². The lowest BCUT2D eigenvalue weighted by Crippen LogP contribution is -2.43. The minimum Gasteiger partial charge on any atom is -0.354 e. The first-order valence-corrected chi connectivity index (χ1v) is 8.47. The van der Waals surface area contributed by atoms with Crippen LogP contribution in [0.3, 0.4) is 0 Å². The third kappa shape index (κ3) is 5.82. The molecule has 0 amide bonds. The van der Waals surface area contributed by atoms with Crippen LogP contribution in [0.5, 0.6) is 0 Å². The second kappa shape index (κ2) is 8.87. The average Bonchev–Trinajstić information content (AvgIpc) is 2.54. The predicted octanol–water partition coefficient (Wildman–Crippen LogP) is 2.89. The molecule has 1 fully saturated rings. The maximum Gasteiger partial charge on any atom is 0.191 e. The van der Waals surface area contributed by atoms with Crippen molar-refractivity contribution in [2.45, 2.75) is 51.2 Å². The minimum absolute atomic E-state index is 0.146. The smallest absolute Gasteiger partial charge is 0.191 e. The molecule has 23 heavy (non-hydrogen) atoms. The zero-order chi connectivity index (χ0) is 16.7. The zero-order valence-electron chi connectivity index (χ0n) is 14.5. The van der Waals surface area contributed by atoms with E-state index in [1.54, 1.807) is 13.1 Å². The highest BCUT2D eigenvalue weighted by molar-refractivity contribution is 5.79. The lowest BCUT2D eigenvalue weighted by atomic mass is 9.96. The Bertz CT molecular complexity index is 522. The summed E-state index contributed by atoms with van der Waals surface area (Å²) in [6.07, 6.45) is 6.35. The number of rotatable bonds is 5. The molecule has 4 nitrogen and oxygen atoms in total. The van der Waals surface area contributed by atoms with E-state index in [1.807, 2.05) is 31.1 Å². The van der Waals surface area contributed by atoms with Gasteiger partial charge in [-0.15, -0.1) is 0 Å². The Hall–Kier alpha value is -1.62. The van der Waals surface area contributed by atoms with Crippen molar-refractivity contribution in [1.82, 2.24) is 15.5 Å². The quantitative estimate of drug-likeness (QED) is 0.647. The van der Waals surface area contributed by atoms with Gasteiger partial charge in [0.1, 0.15) is 5.82 Å². The van der Waals surface area contributed by atoms with E-state index in [2.05, 4.69) is 15.6 Å². The summed E-state index contributed by atoms with van der Waals surface area (Å²) in [4.78, 5) is 6.27. The third-order valence-corrected chi connectivity index (χ3v) is 4.23. The molecule has 1 aliphatic carbocycles. The molecule has 0 radical (unpaired) electrons. The molecule has 0 saturated heterocycles. The molecule has 128 valence electrons. The summed E-state index contributed by atoms with van der Waals surface area (Å²) < 4.78 is 13.8. The van der Waals surface area contributed by atoms with Gasteiger partial charge in [0, 0.05) is 31.7 Å². The maximum atomic E-state index is 13.8. The first kappa shape index (κ1) is 17.7. The fourth-order valence-corrected chi connectivity index (χ4v) is 3.02. The van der Waals surface area contributed by atoms with Crippen LogP contribution in [0.1, 0.15) is 43.2 Å². The summed E-state index contributed by atoms with van der Waals surface area (Å²) >= 11 is 0. The van der Waals surface area contributed by atoms with E-state index in [9.17, 15) is 4.39 Å². The molecule has 1 aromatic carbocycles. The molecule has 2 N–H and O–H groups in total. The molecule has 1 aliphatic rings. The molecule has 1 saturated carbocycles. The van der Waals surface area contributed by atoms with Gasteiger partial charge in [-0.1, -0.05) is 25.3 Å². The summed E-state index contributed by atoms with van der Waals surface area (Å²) in [5.41, 5.74) is 1.79. The van der Waals surface area contributed by atoms with Crippen molar-refractivity contribution in [3.63, 3.8) is 0 Å². The van der Waals surface area contributed by atoms with E-state index < -0.39 is 0 Å². The number of benzene rings is 1. The maximum absolute atomic E-state index is 13.8. The molecule has 5 heteroatoms.